The van der Waals surface area contributed by atoms with E-state index in [4.69, 9.17) is 17.3 Å². The lowest BCUT2D eigenvalue weighted by Gasteiger charge is -2.35. The van der Waals surface area contributed by atoms with Crippen molar-refractivity contribution in [2.24, 2.45) is 5.73 Å². The molecule has 1 heterocycles. The molecule has 3 N–H and O–H groups in total. The first-order chi connectivity index (χ1) is 12.8. The molecule has 8 nitrogen and oxygen atoms in total. The zero-order chi connectivity index (χ0) is 20.0. The molecule has 0 aliphatic carbocycles. The maximum atomic E-state index is 12.7. The molecule has 0 saturated carbocycles. The molecule has 0 spiro atoms. The fourth-order valence-corrected chi connectivity index (χ4v) is 5.01. The molecule has 1 atom stereocenters. The van der Waals surface area contributed by atoms with E-state index in [-0.39, 0.29) is 37.0 Å². The summed E-state index contributed by atoms with van der Waals surface area (Å²) in [6.45, 7) is 0.836. The number of carbonyl (C=O) groups is 2. The Bertz CT molecular complexity index is 782. The molecule has 1 aliphatic rings. The van der Waals surface area contributed by atoms with Crippen molar-refractivity contribution in [1.82, 2.24) is 14.5 Å². The van der Waals surface area contributed by atoms with E-state index in [1.807, 2.05) is 6.26 Å². The van der Waals surface area contributed by atoms with Crippen LogP contribution in [0.4, 0.5) is 4.79 Å². The molecule has 1 saturated heterocycles. The second-order valence-electron chi connectivity index (χ2n) is 6.03. The number of primary amides is 1. The summed E-state index contributed by atoms with van der Waals surface area (Å²) >= 11 is 7.45. The Morgan fingerprint density at radius 2 is 1.96 bits per heavy atom. The maximum Gasteiger partial charge on any atom is 0.312 e. The van der Waals surface area contributed by atoms with E-state index < -0.39 is 22.1 Å². The first-order valence-electron chi connectivity index (χ1n) is 8.35. The van der Waals surface area contributed by atoms with Crippen molar-refractivity contribution >= 4 is 45.3 Å². The summed E-state index contributed by atoms with van der Waals surface area (Å²) in [4.78, 5) is 25.5. The minimum atomic E-state index is -3.67. The Labute approximate surface area is 168 Å². The van der Waals surface area contributed by atoms with Gasteiger partial charge in [0.05, 0.1) is 4.90 Å². The van der Waals surface area contributed by atoms with Gasteiger partial charge in [-0.05, 0) is 36.6 Å². The van der Waals surface area contributed by atoms with Gasteiger partial charge in [0.1, 0.15) is 6.04 Å². The van der Waals surface area contributed by atoms with Gasteiger partial charge in [0.2, 0.25) is 15.9 Å². The Kier molecular flexibility index (Phi) is 7.78. The predicted octanol–water partition coefficient (Wildman–Crippen LogP) is 0.963. The number of halogens is 1. The molecule has 1 fully saturated rings. The molecular weight excluding hydrogens is 412 g/mol. The van der Waals surface area contributed by atoms with Gasteiger partial charge in [-0.25, -0.2) is 13.2 Å². The lowest BCUT2D eigenvalue weighted by molar-refractivity contribution is -0.134. The standard InChI is InChI=1S/C16H23ClN4O4S2/c1-26-10-5-14(19-16(18)23)15(22)20-6-8-21(9-7-20)27(24,25)13-4-2-3-12(17)11-13/h2-4,11,14H,5-10H2,1H3,(H3,18,19,23). The third kappa shape index (κ3) is 5.74. The number of rotatable bonds is 7. The molecule has 1 aromatic rings. The third-order valence-corrected chi connectivity index (χ3v) is 6.98. The molecular formula is C16H23ClN4O4S2. The summed E-state index contributed by atoms with van der Waals surface area (Å²) in [5.74, 6) is 0.447. The molecule has 3 amide bonds. The number of carbonyl (C=O) groups excluding carboxylic acids is 2. The lowest BCUT2D eigenvalue weighted by Crippen LogP contribution is -2.56. The van der Waals surface area contributed by atoms with Gasteiger partial charge >= 0.3 is 6.03 Å². The fraction of sp³-hybridized carbons (Fsp3) is 0.500. The van der Waals surface area contributed by atoms with Crippen molar-refractivity contribution in [2.45, 2.75) is 17.4 Å². The van der Waals surface area contributed by atoms with Crippen molar-refractivity contribution in [3.05, 3.63) is 29.3 Å². The van der Waals surface area contributed by atoms with Crippen LogP contribution in [0.5, 0.6) is 0 Å². The normalized spacial score (nSPS) is 16.7. The number of benzene rings is 1. The van der Waals surface area contributed by atoms with Crippen LogP contribution in [0.1, 0.15) is 6.42 Å². The highest BCUT2D eigenvalue weighted by atomic mass is 35.5. The van der Waals surface area contributed by atoms with Crippen LogP contribution in [0.25, 0.3) is 0 Å². The van der Waals surface area contributed by atoms with E-state index in [2.05, 4.69) is 5.32 Å². The fourth-order valence-electron chi connectivity index (χ4n) is 2.81. The number of urea groups is 1. The van der Waals surface area contributed by atoms with E-state index in [0.29, 0.717) is 17.2 Å². The number of piperazine rings is 1. The smallest absolute Gasteiger partial charge is 0.312 e. The first-order valence-corrected chi connectivity index (χ1v) is 11.6. The number of nitrogens with zero attached hydrogens (tertiary/aromatic N) is 2. The van der Waals surface area contributed by atoms with Gasteiger partial charge in [0.15, 0.2) is 0 Å². The zero-order valence-corrected chi connectivity index (χ0v) is 17.3. The Hall–Kier alpha value is -1.49. The lowest BCUT2D eigenvalue weighted by atomic mass is 10.2. The topological polar surface area (TPSA) is 113 Å². The van der Waals surface area contributed by atoms with Crippen molar-refractivity contribution in [1.29, 1.82) is 0 Å². The number of amides is 3. The second-order valence-corrected chi connectivity index (χ2v) is 9.39. The summed E-state index contributed by atoms with van der Waals surface area (Å²) in [7, 11) is -3.67. The van der Waals surface area contributed by atoms with E-state index in [1.54, 1.807) is 28.8 Å². The maximum absolute atomic E-state index is 12.7. The highest BCUT2D eigenvalue weighted by Crippen LogP contribution is 2.21. The minimum absolute atomic E-state index is 0.128. The van der Waals surface area contributed by atoms with Crippen LogP contribution in [0.2, 0.25) is 5.02 Å². The molecule has 11 heteroatoms. The number of sulfonamides is 1. The summed E-state index contributed by atoms with van der Waals surface area (Å²) in [6, 6.07) is 4.64. The van der Waals surface area contributed by atoms with Crippen molar-refractivity contribution in [3.63, 3.8) is 0 Å². The van der Waals surface area contributed by atoms with Crippen LogP contribution in [0.3, 0.4) is 0 Å². The van der Waals surface area contributed by atoms with Gasteiger partial charge in [-0.2, -0.15) is 16.1 Å². The molecule has 1 aromatic carbocycles. The Morgan fingerprint density at radius 1 is 1.30 bits per heavy atom. The number of nitrogens with two attached hydrogens (primary N) is 1. The number of hydrogen-bond acceptors (Lipinski definition) is 5. The predicted molar refractivity (Wildman–Crippen MR) is 106 cm³/mol. The number of thioether (sulfide) groups is 1. The average molecular weight is 435 g/mol. The van der Waals surface area contributed by atoms with Gasteiger partial charge in [-0.3, -0.25) is 4.79 Å². The minimum Gasteiger partial charge on any atom is -0.352 e. The van der Waals surface area contributed by atoms with E-state index in [9.17, 15) is 18.0 Å². The monoisotopic (exact) mass is 434 g/mol. The molecule has 0 bridgehead atoms. The largest absolute Gasteiger partial charge is 0.352 e. The molecule has 27 heavy (non-hydrogen) atoms. The summed E-state index contributed by atoms with van der Waals surface area (Å²) in [5.41, 5.74) is 5.16. The van der Waals surface area contributed by atoms with E-state index >= 15 is 0 Å². The summed E-state index contributed by atoms with van der Waals surface area (Å²) < 4.78 is 26.8. The van der Waals surface area contributed by atoms with Crippen LogP contribution in [-0.2, 0) is 14.8 Å². The van der Waals surface area contributed by atoms with Crippen LogP contribution in [0, 0.1) is 0 Å². The highest BCUT2D eigenvalue weighted by molar-refractivity contribution is 7.98. The van der Waals surface area contributed by atoms with Crippen molar-refractivity contribution in [2.75, 3.05) is 38.2 Å². The number of nitrogens with one attached hydrogen (secondary N) is 1. The highest BCUT2D eigenvalue weighted by Gasteiger charge is 2.32. The van der Waals surface area contributed by atoms with E-state index in [0.717, 1.165) is 0 Å². The quantitative estimate of drug-likeness (QED) is 0.663. The van der Waals surface area contributed by atoms with Crippen molar-refractivity contribution < 1.29 is 18.0 Å². The molecule has 2 rings (SSSR count). The summed E-state index contributed by atoms with van der Waals surface area (Å²) in [5, 5.41) is 2.82. The van der Waals surface area contributed by atoms with Gasteiger partial charge in [-0.15, -0.1) is 0 Å². The van der Waals surface area contributed by atoms with Gasteiger partial charge < -0.3 is 16.0 Å². The van der Waals surface area contributed by atoms with Crippen LogP contribution in [-0.4, -0.2) is 73.8 Å². The molecule has 1 aliphatic heterocycles. The van der Waals surface area contributed by atoms with Crippen LogP contribution >= 0.6 is 23.4 Å². The first kappa shape index (κ1) is 21.8. The van der Waals surface area contributed by atoms with Crippen molar-refractivity contribution in [3.8, 4) is 0 Å². The molecule has 0 radical (unpaired) electrons. The summed E-state index contributed by atoms with van der Waals surface area (Å²) in [6.07, 6.45) is 2.37. The Morgan fingerprint density at radius 3 is 2.52 bits per heavy atom. The van der Waals surface area contributed by atoms with Gasteiger partial charge in [0.25, 0.3) is 0 Å². The Balaban J connectivity index is 2.02. The molecule has 150 valence electrons. The third-order valence-electron chi connectivity index (χ3n) is 4.21. The average Bonchev–Trinajstić information content (AvgIpc) is 2.64. The molecule has 0 aromatic heterocycles. The zero-order valence-electron chi connectivity index (χ0n) is 14.9. The second kappa shape index (κ2) is 9.63. The molecule has 1 unspecified atom stereocenters. The van der Waals surface area contributed by atoms with Crippen LogP contribution < -0.4 is 11.1 Å². The van der Waals surface area contributed by atoms with Gasteiger partial charge in [0, 0.05) is 31.2 Å². The van der Waals surface area contributed by atoms with Gasteiger partial charge in [-0.1, -0.05) is 17.7 Å². The SMILES string of the molecule is CSCCC(NC(N)=O)C(=O)N1CCN(S(=O)(=O)c2cccc(Cl)c2)CC1. The van der Waals surface area contributed by atoms with Crippen LogP contribution in [0.15, 0.2) is 29.2 Å². The number of hydrogen-bond donors (Lipinski definition) is 2. The van der Waals surface area contributed by atoms with E-state index in [1.165, 1.54) is 16.4 Å².